The molecule has 8 heteroatoms. The van der Waals surface area contributed by atoms with Crippen LogP contribution in [0.4, 0.5) is 5.69 Å². The van der Waals surface area contributed by atoms with Gasteiger partial charge in [-0.05, 0) is 36.4 Å². The van der Waals surface area contributed by atoms with Gasteiger partial charge in [-0.25, -0.2) is 4.79 Å². The first-order valence-electron chi connectivity index (χ1n) is 8.06. The maximum Gasteiger partial charge on any atom is 0.337 e. The molecule has 0 aliphatic carbocycles. The highest BCUT2D eigenvalue weighted by atomic mass is 16.5. The Bertz CT molecular complexity index is 959. The first-order chi connectivity index (χ1) is 13.4. The number of ether oxygens (including phenoxy) is 2. The standard InChI is InChI=1S/C20H17N3O5/c1-27-20(26)13-6-8-16(9-7-13)23-19(25)15(11-21)10-14-4-2-3-5-17(14)28-12-18(22)24/h2-10H,12H2,1H3,(H2,22,24)(H,23,25)/b15-10+. The molecule has 0 radical (unpaired) electrons. The predicted octanol–water partition coefficient (Wildman–Crippen LogP) is 1.88. The molecule has 0 aliphatic rings. The summed E-state index contributed by atoms with van der Waals surface area (Å²) in [5.41, 5.74) is 6.06. The van der Waals surface area contributed by atoms with E-state index in [1.807, 2.05) is 6.07 Å². The Morgan fingerprint density at radius 1 is 1.14 bits per heavy atom. The van der Waals surface area contributed by atoms with E-state index in [4.69, 9.17) is 10.5 Å². The molecule has 0 unspecified atom stereocenters. The van der Waals surface area contributed by atoms with E-state index >= 15 is 0 Å². The highest BCUT2D eigenvalue weighted by Gasteiger charge is 2.12. The van der Waals surface area contributed by atoms with Gasteiger partial charge >= 0.3 is 5.97 Å². The van der Waals surface area contributed by atoms with Crippen molar-refractivity contribution >= 4 is 29.5 Å². The lowest BCUT2D eigenvalue weighted by atomic mass is 10.1. The number of hydrogen-bond acceptors (Lipinski definition) is 6. The highest BCUT2D eigenvalue weighted by Crippen LogP contribution is 2.21. The molecular weight excluding hydrogens is 362 g/mol. The Hall–Kier alpha value is -4.12. The molecule has 2 aromatic rings. The molecule has 0 fully saturated rings. The number of para-hydroxylation sites is 1. The number of benzene rings is 2. The van der Waals surface area contributed by atoms with Crippen molar-refractivity contribution in [2.45, 2.75) is 0 Å². The van der Waals surface area contributed by atoms with Gasteiger partial charge in [0, 0.05) is 11.3 Å². The van der Waals surface area contributed by atoms with Crippen molar-refractivity contribution in [2.75, 3.05) is 19.0 Å². The Morgan fingerprint density at radius 3 is 2.43 bits per heavy atom. The molecule has 0 spiro atoms. The van der Waals surface area contributed by atoms with E-state index in [9.17, 15) is 19.6 Å². The second-order valence-corrected chi connectivity index (χ2v) is 5.49. The molecule has 2 rings (SSSR count). The fourth-order valence-electron chi connectivity index (χ4n) is 2.19. The smallest absolute Gasteiger partial charge is 0.337 e. The third-order valence-electron chi connectivity index (χ3n) is 3.52. The number of amides is 2. The van der Waals surface area contributed by atoms with Gasteiger partial charge in [0.2, 0.25) is 0 Å². The molecule has 3 N–H and O–H groups in total. The molecule has 2 aromatic carbocycles. The predicted molar refractivity (Wildman–Crippen MR) is 101 cm³/mol. The van der Waals surface area contributed by atoms with Gasteiger partial charge in [0.05, 0.1) is 12.7 Å². The SMILES string of the molecule is COC(=O)c1ccc(NC(=O)/C(C#N)=C/c2ccccc2OCC(N)=O)cc1. The monoisotopic (exact) mass is 379 g/mol. The number of nitrogens with zero attached hydrogens (tertiary/aromatic N) is 1. The summed E-state index contributed by atoms with van der Waals surface area (Å²) in [6.45, 7) is -0.328. The van der Waals surface area contributed by atoms with Crippen molar-refractivity contribution in [1.82, 2.24) is 0 Å². The molecule has 0 aromatic heterocycles. The lowest BCUT2D eigenvalue weighted by Gasteiger charge is -2.08. The van der Waals surface area contributed by atoms with Crippen LogP contribution in [0.2, 0.25) is 0 Å². The van der Waals surface area contributed by atoms with Crippen LogP contribution in [-0.4, -0.2) is 31.5 Å². The number of primary amides is 1. The lowest BCUT2D eigenvalue weighted by Crippen LogP contribution is -2.20. The van der Waals surface area contributed by atoms with Gasteiger partial charge in [0.15, 0.2) is 6.61 Å². The number of anilines is 1. The minimum atomic E-state index is -0.646. The van der Waals surface area contributed by atoms with Gasteiger partial charge in [0.25, 0.3) is 11.8 Å². The van der Waals surface area contributed by atoms with Crippen molar-refractivity contribution < 1.29 is 23.9 Å². The number of methoxy groups -OCH3 is 1. The summed E-state index contributed by atoms with van der Waals surface area (Å²) in [4.78, 5) is 34.7. The highest BCUT2D eigenvalue weighted by molar-refractivity contribution is 6.10. The number of carbonyl (C=O) groups excluding carboxylic acids is 3. The molecule has 0 aliphatic heterocycles. The number of esters is 1. The fourth-order valence-corrected chi connectivity index (χ4v) is 2.19. The van der Waals surface area contributed by atoms with Gasteiger partial charge in [0.1, 0.15) is 17.4 Å². The molecule has 8 nitrogen and oxygen atoms in total. The second-order valence-electron chi connectivity index (χ2n) is 5.49. The summed E-state index contributed by atoms with van der Waals surface area (Å²) >= 11 is 0. The quantitative estimate of drug-likeness (QED) is 0.429. The molecule has 2 amide bonds. The van der Waals surface area contributed by atoms with Crippen LogP contribution in [0.15, 0.2) is 54.1 Å². The van der Waals surface area contributed by atoms with Crippen molar-refractivity contribution in [2.24, 2.45) is 5.73 Å². The minimum absolute atomic E-state index is 0.174. The summed E-state index contributed by atoms with van der Waals surface area (Å²) in [5.74, 6) is -1.47. The van der Waals surface area contributed by atoms with Gasteiger partial charge in [-0.1, -0.05) is 18.2 Å². The average Bonchev–Trinajstić information content (AvgIpc) is 2.70. The van der Waals surface area contributed by atoms with Gasteiger partial charge in [-0.3, -0.25) is 9.59 Å². The normalized spacial score (nSPS) is 10.5. The Morgan fingerprint density at radius 2 is 1.82 bits per heavy atom. The topological polar surface area (TPSA) is 132 Å². The summed E-state index contributed by atoms with van der Waals surface area (Å²) in [7, 11) is 1.27. The van der Waals surface area contributed by atoms with Crippen LogP contribution in [0.3, 0.4) is 0 Å². The molecule has 0 saturated carbocycles. The average molecular weight is 379 g/mol. The lowest BCUT2D eigenvalue weighted by molar-refractivity contribution is -0.120. The van der Waals surface area contributed by atoms with Crippen molar-refractivity contribution in [3.05, 3.63) is 65.2 Å². The Balaban J connectivity index is 2.19. The van der Waals surface area contributed by atoms with Crippen molar-refractivity contribution in [3.8, 4) is 11.8 Å². The van der Waals surface area contributed by atoms with Crippen LogP contribution in [0.25, 0.3) is 6.08 Å². The zero-order valence-corrected chi connectivity index (χ0v) is 15.0. The largest absolute Gasteiger partial charge is 0.483 e. The van der Waals surface area contributed by atoms with E-state index in [1.54, 1.807) is 24.3 Å². The van der Waals surface area contributed by atoms with Crippen molar-refractivity contribution in [3.63, 3.8) is 0 Å². The molecule has 0 atom stereocenters. The van der Waals surface area contributed by atoms with E-state index in [0.29, 0.717) is 22.6 Å². The minimum Gasteiger partial charge on any atom is -0.483 e. The van der Waals surface area contributed by atoms with E-state index in [2.05, 4.69) is 10.1 Å². The maximum atomic E-state index is 12.4. The first kappa shape index (κ1) is 20.2. The Kier molecular flexibility index (Phi) is 6.88. The van der Waals surface area contributed by atoms with Gasteiger partial charge in [-0.15, -0.1) is 0 Å². The third-order valence-corrected chi connectivity index (χ3v) is 3.52. The Labute approximate surface area is 161 Å². The molecule has 0 bridgehead atoms. The number of nitrogens with two attached hydrogens (primary N) is 1. The number of carbonyl (C=O) groups is 3. The second kappa shape index (κ2) is 9.54. The number of nitrogens with one attached hydrogen (secondary N) is 1. The zero-order valence-electron chi connectivity index (χ0n) is 15.0. The van der Waals surface area contributed by atoms with Crippen molar-refractivity contribution in [1.29, 1.82) is 5.26 Å². The number of nitriles is 1. The summed E-state index contributed by atoms with van der Waals surface area (Å²) in [6.07, 6.45) is 1.34. The van der Waals surface area contributed by atoms with Gasteiger partial charge in [-0.2, -0.15) is 5.26 Å². The molecule has 0 heterocycles. The van der Waals surface area contributed by atoms with Crippen LogP contribution >= 0.6 is 0 Å². The van der Waals surface area contributed by atoms with E-state index in [-0.39, 0.29) is 12.2 Å². The van der Waals surface area contributed by atoms with Crippen LogP contribution in [-0.2, 0) is 14.3 Å². The fraction of sp³-hybridized carbons (Fsp3) is 0.100. The van der Waals surface area contributed by atoms with E-state index in [0.717, 1.165) is 0 Å². The van der Waals surface area contributed by atoms with Crippen LogP contribution in [0.5, 0.6) is 5.75 Å². The maximum absolute atomic E-state index is 12.4. The first-order valence-corrected chi connectivity index (χ1v) is 8.06. The molecule has 142 valence electrons. The zero-order chi connectivity index (χ0) is 20.5. The number of rotatable bonds is 7. The molecule has 28 heavy (non-hydrogen) atoms. The third kappa shape index (κ3) is 5.44. The summed E-state index contributed by atoms with van der Waals surface area (Å²) in [5, 5.41) is 11.9. The van der Waals surface area contributed by atoms with E-state index < -0.39 is 17.8 Å². The van der Waals surface area contributed by atoms with Gasteiger partial charge < -0.3 is 20.5 Å². The van der Waals surface area contributed by atoms with Crippen LogP contribution in [0.1, 0.15) is 15.9 Å². The van der Waals surface area contributed by atoms with E-state index in [1.165, 1.54) is 37.5 Å². The molecular formula is C20H17N3O5. The van der Waals surface area contributed by atoms with Crippen LogP contribution < -0.4 is 15.8 Å². The van der Waals surface area contributed by atoms with Crippen LogP contribution in [0, 0.1) is 11.3 Å². The molecule has 0 saturated heterocycles. The summed E-state index contributed by atoms with van der Waals surface area (Å²) in [6, 6.07) is 14.4. The number of hydrogen-bond donors (Lipinski definition) is 2. The summed E-state index contributed by atoms with van der Waals surface area (Å²) < 4.78 is 9.89.